The molecule has 0 unspecified atom stereocenters. The maximum Gasteiger partial charge on any atom is 0.154 e. The zero-order valence-electron chi connectivity index (χ0n) is 15.8. The van der Waals surface area contributed by atoms with Crippen LogP contribution >= 0.6 is 11.6 Å². The SMILES string of the molecule is OC[C@H]1O[C@@H](c2ccc(Cl)c(Cc3ccc(-c4ccco4)nn3)c2)[C@H](O)[C@@H](O)[C@@H]1O. The van der Waals surface area contributed by atoms with E-state index in [4.69, 9.17) is 20.8 Å². The van der Waals surface area contributed by atoms with E-state index in [1.165, 1.54) is 0 Å². The summed E-state index contributed by atoms with van der Waals surface area (Å²) in [7, 11) is 0. The molecule has 0 spiro atoms. The van der Waals surface area contributed by atoms with Gasteiger partial charge in [-0.15, -0.1) is 5.10 Å². The van der Waals surface area contributed by atoms with Gasteiger partial charge in [0.1, 0.15) is 36.2 Å². The van der Waals surface area contributed by atoms with Gasteiger partial charge in [0, 0.05) is 11.4 Å². The van der Waals surface area contributed by atoms with E-state index in [9.17, 15) is 20.4 Å². The monoisotopic (exact) mass is 432 g/mol. The summed E-state index contributed by atoms with van der Waals surface area (Å²) in [4.78, 5) is 0. The zero-order valence-corrected chi connectivity index (χ0v) is 16.6. The van der Waals surface area contributed by atoms with Crippen molar-refractivity contribution >= 4 is 11.6 Å². The summed E-state index contributed by atoms with van der Waals surface area (Å²) in [5.41, 5.74) is 2.58. The highest BCUT2D eigenvalue weighted by atomic mass is 35.5. The van der Waals surface area contributed by atoms with Crippen LogP contribution in [0.5, 0.6) is 0 Å². The zero-order chi connectivity index (χ0) is 21.3. The van der Waals surface area contributed by atoms with Gasteiger partial charge in [-0.05, 0) is 41.5 Å². The van der Waals surface area contributed by atoms with Crippen molar-refractivity contribution < 1.29 is 29.6 Å². The van der Waals surface area contributed by atoms with Crippen molar-refractivity contribution in [3.63, 3.8) is 0 Å². The van der Waals surface area contributed by atoms with Crippen molar-refractivity contribution in [1.29, 1.82) is 0 Å². The van der Waals surface area contributed by atoms with E-state index in [-0.39, 0.29) is 0 Å². The normalized spacial score (nSPS) is 26.6. The molecular weight excluding hydrogens is 412 g/mol. The lowest BCUT2D eigenvalue weighted by atomic mass is 9.90. The molecule has 4 N–H and O–H groups in total. The van der Waals surface area contributed by atoms with Crippen LogP contribution in [-0.2, 0) is 11.2 Å². The number of halogens is 1. The van der Waals surface area contributed by atoms with Crippen LogP contribution in [0.15, 0.2) is 53.1 Å². The molecule has 158 valence electrons. The Balaban J connectivity index is 1.56. The Labute approximate surface area is 177 Å². The summed E-state index contributed by atoms with van der Waals surface area (Å²) >= 11 is 6.35. The first-order chi connectivity index (χ1) is 14.5. The molecule has 9 heteroatoms. The standard InChI is InChI=1S/C21H21ClN2O6/c22-14-5-3-11(21-20(28)19(27)18(26)17(10-25)30-21)8-12(14)9-13-4-6-15(24-23-13)16-2-1-7-29-16/h1-8,17-21,25-28H,9-10H2/t17-,18-,19+,20-,21+/m1/s1. The molecule has 3 aromatic rings. The van der Waals surface area contributed by atoms with E-state index in [1.54, 1.807) is 42.7 Å². The molecule has 0 amide bonds. The van der Waals surface area contributed by atoms with Crippen molar-refractivity contribution in [2.24, 2.45) is 0 Å². The topological polar surface area (TPSA) is 129 Å². The van der Waals surface area contributed by atoms with Gasteiger partial charge in [-0.3, -0.25) is 0 Å². The Morgan fingerprint density at radius 3 is 2.47 bits per heavy atom. The lowest BCUT2D eigenvalue weighted by Gasteiger charge is -2.40. The molecule has 1 saturated heterocycles. The molecule has 8 nitrogen and oxygen atoms in total. The van der Waals surface area contributed by atoms with Crippen LogP contribution in [0.2, 0.25) is 5.02 Å². The van der Waals surface area contributed by atoms with E-state index >= 15 is 0 Å². The van der Waals surface area contributed by atoms with Crippen LogP contribution in [0.25, 0.3) is 11.5 Å². The van der Waals surface area contributed by atoms with Crippen molar-refractivity contribution in [3.8, 4) is 11.5 Å². The third kappa shape index (κ3) is 4.11. The first-order valence-corrected chi connectivity index (χ1v) is 9.81. The fraction of sp³-hybridized carbons (Fsp3) is 0.333. The summed E-state index contributed by atoms with van der Waals surface area (Å²) in [5.74, 6) is 0.622. The minimum Gasteiger partial charge on any atom is -0.463 e. The highest BCUT2D eigenvalue weighted by molar-refractivity contribution is 6.31. The van der Waals surface area contributed by atoms with Crippen LogP contribution in [0.3, 0.4) is 0 Å². The molecule has 3 heterocycles. The molecule has 1 aliphatic rings. The Morgan fingerprint density at radius 1 is 0.967 bits per heavy atom. The first-order valence-electron chi connectivity index (χ1n) is 9.43. The average Bonchev–Trinajstić information content (AvgIpc) is 3.30. The van der Waals surface area contributed by atoms with E-state index in [1.807, 2.05) is 6.07 Å². The quantitative estimate of drug-likeness (QED) is 0.477. The second kappa shape index (κ2) is 8.81. The van der Waals surface area contributed by atoms with Crippen molar-refractivity contribution in [1.82, 2.24) is 10.2 Å². The number of aliphatic hydroxyl groups is 4. The average molecular weight is 433 g/mol. The van der Waals surface area contributed by atoms with Crippen LogP contribution in [0.1, 0.15) is 22.9 Å². The van der Waals surface area contributed by atoms with Gasteiger partial charge in [0.15, 0.2) is 5.76 Å². The molecule has 30 heavy (non-hydrogen) atoms. The largest absolute Gasteiger partial charge is 0.463 e. The number of ether oxygens (including phenoxy) is 1. The number of rotatable bonds is 5. The number of hydrogen-bond donors (Lipinski definition) is 4. The van der Waals surface area contributed by atoms with Crippen LogP contribution in [-0.4, -0.2) is 61.6 Å². The van der Waals surface area contributed by atoms with Gasteiger partial charge in [-0.2, -0.15) is 5.10 Å². The van der Waals surface area contributed by atoms with Gasteiger partial charge < -0.3 is 29.6 Å². The minimum atomic E-state index is -1.44. The number of hydrogen-bond acceptors (Lipinski definition) is 8. The molecule has 1 fully saturated rings. The molecule has 0 bridgehead atoms. The molecule has 0 saturated carbocycles. The van der Waals surface area contributed by atoms with Crippen molar-refractivity contribution in [2.45, 2.75) is 36.9 Å². The van der Waals surface area contributed by atoms with Crippen molar-refractivity contribution in [2.75, 3.05) is 6.61 Å². The predicted molar refractivity (Wildman–Crippen MR) is 107 cm³/mol. The van der Waals surface area contributed by atoms with Crippen LogP contribution in [0, 0.1) is 0 Å². The minimum absolute atomic E-state index is 0.384. The van der Waals surface area contributed by atoms with Gasteiger partial charge in [-0.25, -0.2) is 0 Å². The maximum atomic E-state index is 10.4. The van der Waals surface area contributed by atoms with Crippen LogP contribution < -0.4 is 0 Å². The lowest BCUT2D eigenvalue weighted by molar-refractivity contribution is -0.231. The Morgan fingerprint density at radius 2 is 1.80 bits per heavy atom. The number of aliphatic hydroxyl groups excluding tert-OH is 4. The third-order valence-electron chi connectivity index (χ3n) is 5.16. The highest BCUT2D eigenvalue weighted by Crippen LogP contribution is 2.34. The fourth-order valence-electron chi connectivity index (χ4n) is 3.49. The second-order valence-corrected chi connectivity index (χ2v) is 7.57. The Kier molecular flexibility index (Phi) is 6.14. The number of furan rings is 1. The van der Waals surface area contributed by atoms with Crippen molar-refractivity contribution in [3.05, 3.63) is 70.6 Å². The van der Waals surface area contributed by atoms with Gasteiger partial charge in [0.05, 0.1) is 18.6 Å². The molecule has 0 aliphatic carbocycles. The van der Waals surface area contributed by atoms with Gasteiger partial charge in [-0.1, -0.05) is 23.7 Å². The summed E-state index contributed by atoms with van der Waals surface area (Å²) < 4.78 is 10.9. The molecule has 0 radical (unpaired) electrons. The number of nitrogens with zero attached hydrogens (tertiary/aromatic N) is 2. The first kappa shape index (κ1) is 20.9. The third-order valence-corrected chi connectivity index (χ3v) is 5.52. The number of benzene rings is 1. The fourth-order valence-corrected chi connectivity index (χ4v) is 3.67. The van der Waals surface area contributed by atoms with Gasteiger partial charge >= 0.3 is 0 Å². The van der Waals surface area contributed by atoms with Gasteiger partial charge in [0.2, 0.25) is 0 Å². The van der Waals surface area contributed by atoms with E-state index < -0.39 is 37.1 Å². The Bertz CT molecular complexity index is 980. The summed E-state index contributed by atoms with van der Waals surface area (Å²) in [6.07, 6.45) is -4.16. The summed E-state index contributed by atoms with van der Waals surface area (Å²) in [6, 6.07) is 12.3. The molecule has 5 atom stereocenters. The van der Waals surface area contributed by atoms with E-state index in [0.29, 0.717) is 34.2 Å². The molecular formula is C21H21ClN2O6. The van der Waals surface area contributed by atoms with Gasteiger partial charge in [0.25, 0.3) is 0 Å². The number of aromatic nitrogens is 2. The Hall–Kier alpha value is -2.33. The highest BCUT2D eigenvalue weighted by Gasteiger charge is 2.44. The smallest absolute Gasteiger partial charge is 0.154 e. The molecule has 2 aromatic heterocycles. The maximum absolute atomic E-state index is 10.4. The predicted octanol–water partition coefficient (Wildman–Crippen LogP) is 1.50. The molecule has 1 aliphatic heterocycles. The molecule has 4 rings (SSSR count). The van der Waals surface area contributed by atoms with Crippen LogP contribution in [0.4, 0.5) is 0 Å². The second-order valence-electron chi connectivity index (χ2n) is 7.16. The van der Waals surface area contributed by atoms with E-state index in [2.05, 4.69) is 10.2 Å². The lowest BCUT2D eigenvalue weighted by Crippen LogP contribution is -2.55. The van der Waals surface area contributed by atoms with E-state index in [0.717, 1.165) is 5.56 Å². The molecule has 1 aromatic carbocycles. The summed E-state index contributed by atoms with van der Waals surface area (Å²) in [5, 5.41) is 48.7. The summed E-state index contributed by atoms with van der Waals surface area (Å²) in [6.45, 7) is -0.487.